The highest BCUT2D eigenvalue weighted by Crippen LogP contribution is 2.27. The molecule has 1 aromatic carbocycles. The van der Waals surface area contributed by atoms with Gasteiger partial charge in [0.05, 0.1) is 6.61 Å². The van der Waals surface area contributed by atoms with Gasteiger partial charge in [0.1, 0.15) is 0 Å². The summed E-state index contributed by atoms with van der Waals surface area (Å²) in [7, 11) is 0. The lowest BCUT2D eigenvalue weighted by Gasteiger charge is -2.24. The molecule has 0 spiro atoms. The SMILES string of the molecule is CCNC(COCC)Cc1c(C)cc(C(C)(C)C)cc1C. The molecule has 1 atom stereocenters. The van der Waals surface area contributed by atoms with E-state index in [2.05, 4.69) is 65.9 Å². The Bertz CT molecular complexity index is 422. The van der Waals surface area contributed by atoms with E-state index in [0.29, 0.717) is 6.04 Å². The smallest absolute Gasteiger partial charge is 0.0622 e. The number of ether oxygens (including phenoxy) is 1. The van der Waals surface area contributed by atoms with Crippen LogP contribution in [0.3, 0.4) is 0 Å². The van der Waals surface area contributed by atoms with Gasteiger partial charge in [0.15, 0.2) is 0 Å². The van der Waals surface area contributed by atoms with Crippen molar-refractivity contribution in [3.8, 4) is 0 Å². The molecule has 1 N–H and O–H groups in total. The lowest BCUT2D eigenvalue weighted by molar-refractivity contribution is 0.123. The van der Waals surface area contributed by atoms with E-state index in [1.54, 1.807) is 0 Å². The van der Waals surface area contributed by atoms with E-state index in [-0.39, 0.29) is 5.41 Å². The molecule has 0 aromatic heterocycles. The van der Waals surface area contributed by atoms with Crippen LogP contribution < -0.4 is 5.32 Å². The quantitative estimate of drug-likeness (QED) is 0.814. The fraction of sp³-hybridized carbons (Fsp3) is 0.684. The number of nitrogens with one attached hydrogen (secondary N) is 1. The van der Waals surface area contributed by atoms with Crippen LogP contribution in [-0.2, 0) is 16.6 Å². The van der Waals surface area contributed by atoms with Gasteiger partial charge in [-0.3, -0.25) is 0 Å². The molecular weight excluding hydrogens is 258 g/mol. The average molecular weight is 291 g/mol. The Labute approximate surface area is 131 Å². The minimum Gasteiger partial charge on any atom is -0.380 e. The van der Waals surface area contributed by atoms with Gasteiger partial charge in [-0.15, -0.1) is 0 Å². The van der Waals surface area contributed by atoms with Crippen LogP contribution in [0.5, 0.6) is 0 Å². The maximum Gasteiger partial charge on any atom is 0.0622 e. The third kappa shape index (κ3) is 5.44. The van der Waals surface area contributed by atoms with E-state index in [9.17, 15) is 0 Å². The van der Waals surface area contributed by atoms with Crippen molar-refractivity contribution in [2.24, 2.45) is 0 Å². The van der Waals surface area contributed by atoms with Crippen LogP contribution in [0.15, 0.2) is 12.1 Å². The van der Waals surface area contributed by atoms with Crippen molar-refractivity contribution in [3.05, 3.63) is 34.4 Å². The highest BCUT2D eigenvalue weighted by Gasteiger charge is 2.18. The molecule has 1 aromatic rings. The molecule has 1 rings (SSSR count). The molecule has 0 aliphatic heterocycles. The van der Waals surface area contributed by atoms with Gasteiger partial charge in [-0.2, -0.15) is 0 Å². The standard InChI is InChI=1S/C19H33NO/c1-8-20-17(13-21-9-2)12-18-14(3)10-16(11-15(18)4)19(5,6)7/h10-11,17,20H,8-9,12-13H2,1-7H3. The molecule has 2 heteroatoms. The number of hydrogen-bond acceptors (Lipinski definition) is 2. The van der Waals surface area contributed by atoms with Crippen molar-refractivity contribution < 1.29 is 4.74 Å². The normalized spacial score (nSPS) is 13.5. The van der Waals surface area contributed by atoms with Crippen molar-refractivity contribution in [1.29, 1.82) is 0 Å². The second-order valence-corrected chi connectivity index (χ2v) is 6.96. The van der Waals surface area contributed by atoms with E-state index < -0.39 is 0 Å². The molecule has 21 heavy (non-hydrogen) atoms. The van der Waals surface area contributed by atoms with Crippen LogP contribution in [0.1, 0.15) is 56.9 Å². The Morgan fingerprint density at radius 1 is 1.10 bits per heavy atom. The average Bonchev–Trinajstić information content (AvgIpc) is 2.38. The molecular formula is C19H33NO. The minimum atomic E-state index is 0.209. The summed E-state index contributed by atoms with van der Waals surface area (Å²) in [5, 5.41) is 3.54. The maximum atomic E-state index is 5.62. The summed E-state index contributed by atoms with van der Waals surface area (Å²) in [5.74, 6) is 0. The molecule has 0 heterocycles. The molecule has 0 aliphatic rings. The van der Waals surface area contributed by atoms with Gasteiger partial charge in [0, 0.05) is 12.6 Å². The molecule has 0 saturated carbocycles. The first-order chi connectivity index (χ1) is 9.79. The zero-order chi connectivity index (χ0) is 16.0. The predicted molar refractivity (Wildman–Crippen MR) is 92.3 cm³/mol. The minimum absolute atomic E-state index is 0.209. The third-order valence-electron chi connectivity index (χ3n) is 4.03. The summed E-state index contributed by atoms with van der Waals surface area (Å²) in [6, 6.07) is 5.10. The van der Waals surface area contributed by atoms with Gasteiger partial charge in [-0.25, -0.2) is 0 Å². The van der Waals surface area contributed by atoms with E-state index in [1.807, 2.05) is 0 Å². The summed E-state index contributed by atoms with van der Waals surface area (Å²) in [4.78, 5) is 0. The Morgan fingerprint density at radius 2 is 1.67 bits per heavy atom. The van der Waals surface area contributed by atoms with E-state index in [1.165, 1.54) is 22.3 Å². The van der Waals surface area contributed by atoms with Gasteiger partial charge >= 0.3 is 0 Å². The molecule has 0 bridgehead atoms. The van der Waals surface area contributed by atoms with E-state index >= 15 is 0 Å². The summed E-state index contributed by atoms with van der Waals surface area (Å²) < 4.78 is 5.62. The number of aryl methyl sites for hydroxylation is 2. The Hall–Kier alpha value is -0.860. The highest BCUT2D eigenvalue weighted by atomic mass is 16.5. The van der Waals surface area contributed by atoms with Crippen molar-refractivity contribution in [2.75, 3.05) is 19.8 Å². The predicted octanol–water partition coefficient (Wildman–Crippen LogP) is 4.16. The van der Waals surface area contributed by atoms with Crippen LogP contribution in [-0.4, -0.2) is 25.8 Å². The lowest BCUT2D eigenvalue weighted by atomic mass is 9.83. The van der Waals surface area contributed by atoms with Crippen LogP contribution in [0.25, 0.3) is 0 Å². The Kier molecular flexibility index (Phi) is 6.89. The zero-order valence-corrected chi connectivity index (χ0v) is 15.0. The molecule has 0 radical (unpaired) electrons. The van der Waals surface area contributed by atoms with Crippen molar-refractivity contribution in [1.82, 2.24) is 5.32 Å². The van der Waals surface area contributed by atoms with Gasteiger partial charge in [-0.1, -0.05) is 39.8 Å². The van der Waals surface area contributed by atoms with Crippen molar-refractivity contribution in [3.63, 3.8) is 0 Å². The summed E-state index contributed by atoms with van der Waals surface area (Å²) in [6.45, 7) is 18.1. The maximum absolute atomic E-state index is 5.62. The molecule has 1 unspecified atom stereocenters. The van der Waals surface area contributed by atoms with Gasteiger partial charge in [0.2, 0.25) is 0 Å². The van der Waals surface area contributed by atoms with E-state index in [0.717, 1.165) is 26.2 Å². The largest absolute Gasteiger partial charge is 0.380 e. The van der Waals surface area contributed by atoms with Gasteiger partial charge in [-0.05, 0) is 61.4 Å². The first kappa shape index (κ1) is 18.2. The van der Waals surface area contributed by atoms with Gasteiger partial charge < -0.3 is 10.1 Å². The van der Waals surface area contributed by atoms with Crippen LogP contribution >= 0.6 is 0 Å². The van der Waals surface area contributed by atoms with Gasteiger partial charge in [0.25, 0.3) is 0 Å². The molecule has 0 saturated heterocycles. The fourth-order valence-electron chi connectivity index (χ4n) is 2.73. The molecule has 2 nitrogen and oxygen atoms in total. The number of hydrogen-bond donors (Lipinski definition) is 1. The second-order valence-electron chi connectivity index (χ2n) is 6.96. The second kappa shape index (κ2) is 7.95. The molecule has 0 fully saturated rings. The first-order valence-electron chi connectivity index (χ1n) is 8.21. The first-order valence-corrected chi connectivity index (χ1v) is 8.21. The molecule has 0 aliphatic carbocycles. The summed E-state index contributed by atoms with van der Waals surface area (Å²) in [6.07, 6.45) is 1.04. The fourth-order valence-corrected chi connectivity index (χ4v) is 2.73. The van der Waals surface area contributed by atoms with E-state index in [4.69, 9.17) is 4.74 Å². The van der Waals surface area contributed by atoms with Crippen molar-refractivity contribution >= 4 is 0 Å². The number of benzene rings is 1. The molecule has 0 amide bonds. The number of likely N-dealkylation sites (N-methyl/N-ethyl adjacent to an activating group) is 1. The van der Waals surface area contributed by atoms with Crippen LogP contribution in [0.2, 0.25) is 0 Å². The highest BCUT2D eigenvalue weighted by molar-refractivity contribution is 5.41. The van der Waals surface area contributed by atoms with Crippen LogP contribution in [0, 0.1) is 13.8 Å². The Balaban J connectivity index is 2.96. The Morgan fingerprint density at radius 3 is 2.10 bits per heavy atom. The van der Waals surface area contributed by atoms with Crippen molar-refractivity contribution in [2.45, 2.75) is 66.3 Å². The summed E-state index contributed by atoms with van der Waals surface area (Å²) in [5.41, 5.74) is 5.90. The monoisotopic (exact) mass is 291 g/mol. The topological polar surface area (TPSA) is 21.3 Å². The lowest BCUT2D eigenvalue weighted by Crippen LogP contribution is -2.35. The number of rotatable bonds is 7. The molecule has 120 valence electrons. The van der Waals surface area contributed by atoms with Crippen LogP contribution in [0.4, 0.5) is 0 Å². The summed E-state index contributed by atoms with van der Waals surface area (Å²) >= 11 is 0. The zero-order valence-electron chi connectivity index (χ0n) is 15.0. The third-order valence-corrected chi connectivity index (χ3v) is 4.03.